The molecule has 0 aliphatic rings. The van der Waals surface area contributed by atoms with Crippen molar-refractivity contribution in [3.05, 3.63) is 52.0 Å². The SMILES string of the molecule is Cc1cc(C(=O)O)c(O)c(S(=O)(=O)Nc2ccc(Cl)cc2C)c1. The molecule has 2 aromatic rings. The number of halogens is 1. The average Bonchev–Trinajstić information content (AvgIpc) is 2.43. The summed E-state index contributed by atoms with van der Waals surface area (Å²) in [4.78, 5) is 10.6. The second kappa shape index (κ2) is 6.10. The summed E-state index contributed by atoms with van der Waals surface area (Å²) < 4.78 is 27.3. The molecule has 0 aromatic heterocycles. The van der Waals surface area contributed by atoms with Crippen LogP contribution in [-0.4, -0.2) is 24.6 Å². The quantitative estimate of drug-likeness (QED) is 0.781. The van der Waals surface area contributed by atoms with Crippen molar-refractivity contribution in [3.63, 3.8) is 0 Å². The van der Waals surface area contributed by atoms with E-state index in [4.69, 9.17) is 16.7 Å². The number of aromatic hydroxyl groups is 1. The maximum atomic E-state index is 12.5. The van der Waals surface area contributed by atoms with Crippen molar-refractivity contribution in [3.8, 4) is 5.75 Å². The highest BCUT2D eigenvalue weighted by molar-refractivity contribution is 7.92. The summed E-state index contributed by atoms with van der Waals surface area (Å²) in [6.45, 7) is 3.21. The van der Waals surface area contributed by atoms with Gasteiger partial charge in [-0.05, 0) is 55.3 Å². The van der Waals surface area contributed by atoms with Gasteiger partial charge in [-0.15, -0.1) is 0 Å². The van der Waals surface area contributed by atoms with Gasteiger partial charge in [-0.25, -0.2) is 13.2 Å². The van der Waals surface area contributed by atoms with E-state index in [1.54, 1.807) is 19.9 Å². The predicted octanol–water partition coefficient (Wildman–Crippen LogP) is 3.16. The molecule has 0 saturated heterocycles. The molecule has 8 heteroatoms. The van der Waals surface area contributed by atoms with Crippen LogP contribution in [-0.2, 0) is 10.0 Å². The highest BCUT2D eigenvalue weighted by Crippen LogP contribution is 2.31. The van der Waals surface area contributed by atoms with Gasteiger partial charge in [0.2, 0.25) is 0 Å². The van der Waals surface area contributed by atoms with E-state index in [9.17, 15) is 18.3 Å². The fraction of sp³-hybridized carbons (Fsp3) is 0.133. The number of rotatable bonds is 4. The van der Waals surface area contributed by atoms with E-state index >= 15 is 0 Å². The minimum atomic E-state index is -4.16. The summed E-state index contributed by atoms with van der Waals surface area (Å²) in [6.07, 6.45) is 0. The van der Waals surface area contributed by atoms with Crippen LogP contribution in [0.15, 0.2) is 35.2 Å². The van der Waals surface area contributed by atoms with Gasteiger partial charge in [0, 0.05) is 5.02 Å². The number of sulfonamides is 1. The normalized spacial score (nSPS) is 11.3. The first kappa shape index (κ1) is 17.1. The summed E-state index contributed by atoms with van der Waals surface area (Å²) in [7, 11) is -4.16. The van der Waals surface area contributed by atoms with Gasteiger partial charge in [0.1, 0.15) is 10.5 Å². The van der Waals surface area contributed by atoms with Gasteiger partial charge in [-0.1, -0.05) is 11.6 Å². The molecule has 0 unspecified atom stereocenters. The molecule has 0 radical (unpaired) electrons. The van der Waals surface area contributed by atoms with Crippen molar-refractivity contribution in [2.24, 2.45) is 0 Å². The number of aryl methyl sites for hydroxylation is 2. The van der Waals surface area contributed by atoms with Crippen LogP contribution in [0.5, 0.6) is 5.75 Å². The number of hydrogen-bond donors (Lipinski definition) is 3. The van der Waals surface area contributed by atoms with E-state index in [0.717, 1.165) is 0 Å². The fourth-order valence-electron chi connectivity index (χ4n) is 2.05. The maximum Gasteiger partial charge on any atom is 0.339 e. The van der Waals surface area contributed by atoms with Crippen molar-refractivity contribution in [1.29, 1.82) is 0 Å². The van der Waals surface area contributed by atoms with Gasteiger partial charge in [0.25, 0.3) is 10.0 Å². The Hall–Kier alpha value is -2.25. The molecule has 0 heterocycles. The standard InChI is InChI=1S/C15H14ClNO5S/c1-8-5-11(15(19)20)14(18)13(6-8)23(21,22)17-12-4-3-10(16)7-9(12)2/h3-7,17-18H,1-2H3,(H,19,20). The van der Waals surface area contributed by atoms with E-state index in [1.807, 2.05) is 0 Å². The first-order chi connectivity index (χ1) is 10.6. The van der Waals surface area contributed by atoms with Crippen LogP contribution in [0, 0.1) is 13.8 Å². The molecule has 23 heavy (non-hydrogen) atoms. The molecular weight excluding hydrogens is 342 g/mol. The number of carboxylic acid groups (broad SMARTS) is 1. The fourth-order valence-corrected chi connectivity index (χ4v) is 3.62. The lowest BCUT2D eigenvalue weighted by atomic mass is 10.1. The second-order valence-corrected chi connectivity index (χ2v) is 7.12. The molecular formula is C15H14ClNO5S. The summed E-state index contributed by atoms with van der Waals surface area (Å²) in [6, 6.07) is 6.99. The molecule has 2 rings (SSSR count). The zero-order valence-corrected chi connectivity index (χ0v) is 13.9. The molecule has 0 fully saturated rings. The largest absolute Gasteiger partial charge is 0.506 e. The number of phenols is 1. The molecule has 0 bridgehead atoms. The van der Waals surface area contributed by atoms with Crippen LogP contribution in [0.3, 0.4) is 0 Å². The first-order valence-corrected chi connectivity index (χ1v) is 8.34. The van der Waals surface area contributed by atoms with E-state index < -0.39 is 32.2 Å². The van der Waals surface area contributed by atoms with Crippen molar-refractivity contribution in [2.45, 2.75) is 18.7 Å². The minimum absolute atomic E-state index is 0.284. The van der Waals surface area contributed by atoms with Gasteiger partial charge in [0.05, 0.1) is 5.69 Å². The Kier molecular flexibility index (Phi) is 4.53. The highest BCUT2D eigenvalue weighted by Gasteiger charge is 2.24. The number of anilines is 1. The Balaban J connectivity index is 2.54. The van der Waals surface area contributed by atoms with Gasteiger partial charge in [0.15, 0.2) is 5.75 Å². The average molecular weight is 356 g/mol. The lowest BCUT2D eigenvalue weighted by Gasteiger charge is -2.13. The van der Waals surface area contributed by atoms with Crippen LogP contribution in [0.4, 0.5) is 5.69 Å². The molecule has 3 N–H and O–H groups in total. The maximum absolute atomic E-state index is 12.5. The van der Waals surface area contributed by atoms with Gasteiger partial charge < -0.3 is 10.2 Å². The van der Waals surface area contributed by atoms with E-state index in [0.29, 0.717) is 16.1 Å². The summed E-state index contributed by atoms with van der Waals surface area (Å²) in [5.74, 6) is -2.22. The minimum Gasteiger partial charge on any atom is -0.506 e. The smallest absolute Gasteiger partial charge is 0.339 e. The molecule has 0 amide bonds. The molecule has 0 aliphatic carbocycles. The van der Waals surface area contributed by atoms with Crippen LogP contribution < -0.4 is 4.72 Å². The second-order valence-electron chi connectivity index (χ2n) is 5.03. The predicted molar refractivity (Wildman–Crippen MR) is 86.8 cm³/mol. The molecule has 0 saturated carbocycles. The van der Waals surface area contributed by atoms with Crippen LogP contribution in [0.25, 0.3) is 0 Å². The number of carbonyl (C=O) groups is 1. The zero-order chi connectivity index (χ0) is 17.4. The Labute approximate surface area is 138 Å². The molecule has 0 spiro atoms. The molecule has 6 nitrogen and oxygen atoms in total. The monoisotopic (exact) mass is 355 g/mol. The van der Waals surface area contributed by atoms with E-state index in [1.165, 1.54) is 24.3 Å². The number of benzene rings is 2. The third-order valence-electron chi connectivity index (χ3n) is 3.17. The van der Waals surface area contributed by atoms with E-state index in [2.05, 4.69) is 4.72 Å². The lowest BCUT2D eigenvalue weighted by molar-refractivity contribution is 0.0693. The summed E-state index contributed by atoms with van der Waals surface area (Å²) in [5, 5.41) is 19.5. The van der Waals surface area contributed by atoms with Crippen molar-refractivity contribution in [1.82, 2.24) is 0 Å². The van der Waals surface area contributed by atoms with Gasteiger partial charge in [-0.2, -0.15) is 0 Å². The molecule has 0 aliphatic heterocycles. The third kappa shape index (κ3) is 3.57. The highest BCUT2D eigenvalue weighted by atomic mass is 35.5. The van der Waals surface area contributed by atoms with E-state index in [-0.39, 0.29) is 5.69 Å². The first-order valence-electron chi connectivity index (χ1n) is 6.47. The van der Waals surface area contributed by atoms with Crippen molar-refractivity contribution >= 4 is 33.3 Å². The number of carboxylic acids is 1. The summed E-state index contributed by atoms with van der Waals surface area (Å²) >= 11 is 5.82. The number of aromatic carboxylic acids is 1. The Bertz CT molecular complexity index is 893. The molecule has 122 valence electrons. The third-order valence-corrected chi connectivity index (χ3v) is 4.79. The number of nitrogens with one attached hydrogen (secondary N) is 1. The van der Waals surface area contributed by atoms with Crippen molar-refractivity contribution < 1.29 is 23.4 Å². The molecule has 0 atom stereocenters. The Morgan fingerprint density at radius 3 is 2.39 bits per heavy atom. The van der Waals surface area contributed by atoms with Crippen molar-refractivity contribution in [2.75, 3.05) is 4.72 Å². The Morgan fingerprint density at radius 1 is 1.17 bits per heavy atom. The topological polar surface area (TPSA) is 104 Å². The zero-order valence-electron chi connectivity index (χ0n) is 12.3. The van der Waals surface area contributed by atoms with Gasteiger partial charge >= 0.3 is 5.97 Å². The van der Waals surface area contributed by atoms with Gasteiger partial charge in [-0.3, -0.25) is 4.72 Å². The van der Waals surface area contributed by atoms with Crippen LogP contribution >= 0.6 is 11.6 Å². The van der Waals surface area contributed by atoms with Crippen LogP contribution in [0.1, 0.15) is 21.5 Å². The summed E-state index contributed by atoms with van der Waals surface area (Å²) in [5.41, 5.74) is 0.797. The lowest BCUT2D eigenvalue weighted by Crippen LogP contribution is -2.15. The molecule has 2 aromatic carbocycles. The Morgan fingerprint density at radius 2 is 1.83 bits per heavy atom. The number of hydrogen-bond acceptors (Lipinski definition) is 4. The van der Waals surface area contributed by atoms with Crippen LogP contribution in [0.2, 0.25) is 5.02 Å².